The number of anilines is 1. The molecule has 2 aromatic carbocycles. The monoisotopic (exact) mass is 320 g/mol. The van der Waals surface area contributed by atoms with Gasteiger partial charge in [-0.1, -0.05) is 43.3 Å². The van der Waals surface area contributed by atoms with Crippen LogP contribution in [0.3, 0.4) is 0 Å². The molecule has 4 rings (SSSR count). The molecule has 0 spiro atoms. The average Bonchev–Trinajstić information content (AvgIpc) is 3.06. The number of hydrogen-bond acceptors (Lipinski definition) is 3. The molecule has 1 aliphatic heterocycles. The molecule has 1 saturated heterocycles. The van der Waals surface area contributed by atoms with Gasteiger partial charge in [0.15, 0.2) is 0 Å². The lowest BCUT2D eigenvalue weighted by atomic mass is 9.82. The number of rotatable bonds is 3. The summed E-state index contributed by atoms with van der Waals surface area (Å²) in [6.07, 6.45) is 4.62. The number of aromatic hydroxyl groups is 1. The molecule has 0 aromatic heterocycles. The van der Waals surface area contributed by atoms with Gasteiger partial charge >= 0.3 is 0 Å². The van der Waals surface area contributed by atoms with Gasteiger partial charge < -0.3 is 15.3 Å². The molecule has 1 fully saturated rings. The van der Waals surface area contributed by atoms with Crippen LogP contribution in [-0.2, 0) is 0 Å². The van der Waals surface area contributed by atoms with Crippen molar-refractivity contribution in [3.8, 4) is 5.75 Å². The lowest BCUT2D eigenvalue weighted by Gasteiger charge is -2.43. The summed E-state index contributed by atoms with van der Waals surface area (Å²) in [5, 5.41) is 13.1. The molecular formula is C21H24N2O. The number of phenolic OH excluding ortho intramolecular Hbond substituents is 1. The Morgan fingerprint density at radius 1 is 1.12 bits per heavy atom. The van der Waals surface area contributed by atoms with Gasteiger partial charge in [0.2, 0.25) is 0 Å². The van der Waals surface area contributed by atoms with Gasteiger partial charge in [-0.15, -0.1) is 0 Å². The first-order valence-electron chi connectivity index (χ1n) is 8.77. The first-order chi connectivity index (χ1) is 11.7. The van der Waals surface area contributed by atoms with Crippen molar-refractivity contribution in [2.24, 2.45) is 5.92 Å². The van der Waals surface area contributed by atoms with Gasteiger partial charge in [-0.05, 0) is 41.3 Å². The summed E-state index contributed by atoms with van der Waals surface area (Å²) in [6, 6.07) is 16.8. The van der Waals surface area contributed by atoms with E-state index in [4.69, 9.17) is 0 Å². The minimum absolute atomic E-state index is 0.325. The third kappa shape index (κ3) is 2.69. The Morgan fingerprint density at radius 2 is 1.92 bits per heavy atom. The number of fused-ring (bicyclic) bond motifs is 1. The molecule has 0 bridgehead atoms. The Hall–Kier alpha value is -2.26. The number of nitrogens with zero attached hydrogens (tertiary/aromatic N) is 1. The van der Waals surface area contributed by atoms with Crippen molar-refractivity contribution in [3.05, 3.63) is 65.7 Å². The van der Waals surface area contributed by atoms with Gasteiger partial charge in [-0.3, -0.25) is 0 Å². The highest BCUT2D eigenvalue weighted by Gasteiger charge is 2.33. The van der Waals surface area contributed by atoms with E-state index < -0.39 is 0 Å². The molecule has 3 atom stereocenters. The maximum Gasteiger partial charge on any atom is 0.115 e. The maximum atomic E-state index is 9.57. The molecule has 24 heavy (non-hydrogen) atoms. The van der Waals surface area contributed by atoms with Gasteiger partial charge in [0, 0.05) is 37.3 Å². The second-order valence-corrected chi connectivity index (χ2v) is 6.85. The molecule has 2 aromatic rings. The van der Waals surface area contributed by atoms with Crippen LogP contribution in [0, 0.1) is 5.92 Å². The Morgan fingerprint density at radius 3 is 2.75 bits per heavy atom. The van der Waals surface area contributed by atoms with Gasteiger partial charge in [-0.2, -0.15) is 0 Å². The van der Waals surface area contributed by atoms with Crippen LogP contribution in [-0.4, -0.2) is 30.8 Å². The topological polar surface area (TPSA) is 35.5 Å². The summed E-state index contributed by atoms with van der Waals surface area (Å²) < 4.78 is 0. The van der Waals surface area contributed by atoms with Crippen molar-refractivity contribution in [1.82, 2.24) is 5.32 Å². The van der Waals surface area contributed by atoms with Crippen LogP contribution in [0.2, 0.25) is 0 Å². The summed E-state index contributed by atoms with van der Waals surface area (Å²) in [6.45, 7) is 5.36. The zero-order chi connectivity index (χ0) is 16.5. The number of benzene rings is 2. The van der Waals surface area contributed by atoms with Crippen molar-refractivity contribution >= 4 is 11.8 Å². The van der Waals surface area contributed by atoms with Crippen LogP contribution >= 0.6 is 0 Å². The van der Waals surface area contributed by atoms with Crippen LogP contribution in [0.5, 0.6) is 5.75 Å². The smallest absolute Gasteiger partial charge is 0.115 e. The number of hydrogen-bond donors (Lipinski definition) is 2. The first kappa shape index (κ1) is 15.3. The molecular weight excluding hydrogens is 296 g/mol. The van der Waals surface area contributed by atoms with Crippen molar-refractivity contribution in [2.45, 2.75) is 18.9 Å². The fourth-order valence-corrected chi connectivity index (χ4v) is 4.13. The zero-order valence-electron chi connectivity index (χ0n) is 14.0. The normalized spacial score (nSPS) is 24.0. The summed E-state index contributed by atoms with van der Waals surface area (Å²) >= 11 is 0. The Kier molecular flexibility index (Phi) is 4.03. The third-order valence-corrected chi connectivity index (χ3v) is 5.48. The molecule has 124 valence electrons. The highest BCUT2D eigenvalue weighted by atomic mass is 16.3. The van der Waals surface area contributed by atoms with Crippen molar-refractivity contribution in [2.75, 3.05) is 24.5 Å². The first-order valence-corrected chi connectivity index (χ1v) is 8.77. The van der Waals surface area contributed by atoms with E-state index in [1.54, 1.807) is 12.1 Å². The maximum absolute atomic E-state index is 9.57. The molecule has 1 aliphatic carbocycles. The van der Waals surface area contributed by atoms with Gasteiger partial charge in [0.05, 0.1) is 0 Å². The number of phenols is 1. The van der Waals surface area contributed by atoms with E-state index in [-0.39, 0.29) is 0 Å². The second-order valence-electron chi connectivity index (χ2n) is 6.85. The van der Waals surface area contributed by atoms with Crippen LogP contribution in [0.1, 0.15) is 24.0 Å². The van der Waals surface area contributed by atoms with Crippen LogP contribution < -0.4 is 10.2 Å². The van der Waals surface area contributed by atoms with E-state index in [1.165, 1.54) is 16.8 Å². The minimum atomic E-state index is 0.325. The lowest BCUT2D eigenvalue weighted by molar-refractivity contribution is 0.350. The summed E-state index contributed by atoms with van der Waals surface area (Å²) in [4.78, 5) is 2.50. The van der Waals surface area contributed by atoms with Crippen molar-refractivity contribution < 1.29 is 5.11 Å². The van der Waals surface area contributed by atoms with Crippen molar-refractivity contribution in [1.29, 1.82) is 0 Å². The van der Waals surface area contributed by atoms with E-state index in [0.29, 0.717) is 23.6 Å². The van der Waals surface area contributed by atoms with Gasteiger partial charge in [0.25, 0.3) is 0 Å². The van der Waals surface area contributed by atoms with Gasteiger partial charge in [-0.25, -0.2) is 0 Å². The van der Waals surface area contributed by atoms with Crippen LogP contribution in [0.15, 0.2) is 54.6 Å². The lowest BCUT2D eigenvalue weighted by Crippen LogP contribution is -2.55. The molecule has 3 heteroatoms. The summed E-state index contributed by atoms with van der Waals surface area (Å²) in [7, 11) is 0. The quantitative estimate of drug-likeness (QED) is 0.907. The SMILES string of the molecule is CC(C1C=Cc2ccccc21)C1CNCCN1c1ccc(O)cc1. The van der Waals surface area contributed by atoms with Crippen molar-refractivity contribution in [3.63, 3.8) is 0 Å². The zero-order valence-corrected chi connectivity index (χ0v) is 14.0. The Labute approximate surface area is 143 Å². The van der Waals surface area contributed by atoms with Crippen LogP contribution in [0.4, 0.5) is 5.69 Å². The third-order valence-electron chi connectivity index (χ3n) is 5.48. The predicted octanol–water partition coefficient (Wildman–Crippen LogP) is 3.62. The van der Waals surface area contributed by atoms with E-state index in [9.17, 15) is 5.11 Å². The second kappa shape index (κ2) is 6.33. The largest absolute Gasteiger partial charge is 0.508 e. The van der Waals surface area contributed by atoms with Gasteiger partial charge in [0.1, 0.15) is 5.75 Å². The molecule has 2 N–H and O–H groups in total. The summed E-state index contributed by atoms with van der Waals surface area (Å²) in [5.41, 5.74) is 4.00. The predicted molar refractivity (Wildman–Crippen MR) is 99.5 cm³/mol. The molecule has 0 saturated carbocycles. The van der Waals surface area contributed by atoms with E-state index in [2.05, 4.69) is 53.6 Å². The fourth-order valence-electron chi connectivity index (χ4n) is 4.13. The van der Waals surface area contributed by atoms with E-state index in [0.717, 1.165) is 19.6 Å². The molecule has 1 heterocycles. The van der Waals surface area contributed by atoms with Crippen LogP contribution in [0.25, 0.3) is 6.08 Å². The molecule has 3 unspecified atom stereocenters. The number of allylic oxidation sites excluding steroid dienone is 1. The summed E-state index contributed by atoms with van der Waals surface area (Å²) in [5.74, 6) is 1.29. The fraction of sp³-hybridized carbons (Fsp3) is 0.333. The van der Waals surface area contributed by atoms with E-state index in [1.807, 2.05) is 12.1 Å². The standard InChI is InChI=1S/C21H24N2O/c1-15(19-11-6-16-4-2-3-5-20(16)19)21-14-22-12-13-23(21)17-7-9-18(24)10-8-17/h2-11,15,19,21-22,24H,12-14H2,1H3. The minimum Gasteiger partial charge on any atom is -0.508 e. The average molecular weight is 320 g/mol. The molecule has 2 aliphatic rings. The van der Waals surface area contributed by atoms with E-state index >= 15 is 0 Å². The Bertz CT molecular complexity index is 738. The number of nitrogens with one attached hydrogen (secondary N) is 1. The molecule has 0 radical (unpaired) electrons. The number of piperazine rings is 1. The Balaban J connectivity index is 1.61. The molecule has 0 amide bonds. The molecule has 3 nitrogen and oxygen atoms in total. The highest BCUT2D eigenvalue weighted by Crippen LogP contribution is 2.39. The highest BCUT2D eigenvalue weighted by molar-refractivity contribution is 5.63.